The summed E-state index contributed by atoms with van der Waals surface area (Å²) in [6.45, 7) is 7.43. The molecule has 4 nitrogen and oxygen atoms in total. The first-order chi connectivity index (χ1) is 8.43. The molecule has 2 heterocycles. The average Bonchev–Trinajstić information content (AvgIpc) is 2.82. The number of rotatable bonds is 3. The molecule has 0 aromatic carbocycles. The molecule has 2 atom stereocenters. The second-order valence-corrected chi connectivity index (χ2v) is 8.19. The van der Waals surface area contributed by atoms with Crippen molar-refractivity contribution < 1.29 is 8.42 Å². The number of hydrogen-bond acceptors (Lipinski definition) is 4. The van der Waals surface area contributed by atoms with Gasteiger partial charge in [0.05, 0.1) is 0 Å². The predicted molar refractivity (Wildman–Crippen MR) is 74.3 cm³/mol. The monoisotopic (exact) mass is 288 g/mol. The summed E-state index contributed by atoms with van der Waals surface area (Å²) in [6.07, 6.45) is 0. The molecule has 1 N–H and O–H groups in total. The summed E-state index contributed by atoms with van der Waals surface area (Å²) in [5.74, 6) is 0.305. The molecular weight excluding hydrogens is 268 g/mol. The Bertz CT molecular complexity index is 482. The lowest BCUT2D eigenvalue weighted by atomic mass is 10.0. The minimum Gasteiger partial charge on any atom is -0.311 e. The van der Waals surface area contributed by atoms with Crippen molar-refractivity contribution in [2.24, 2.45) is 5.92 Å². The average molecular weight is 288 g/mol. The molecule has 0 spiro atoms. The van der Waals surface area contributed by atoms with E-state index in [9.17, 15) is 8.42 Å². The quantitative estimate of drug-likeness (QED) is 0.922. The van der Waals surface area contributed by atoms with Crippen molar-refractivity contribution in [3.8, 4) is 0 Å². The number of thiophene rings is 1. The molecule has 1 aliphatic rings. The van der Waals surface area contributed by atoms with E-state index in [1.54, 1.807) is 16.4 Å². The van der Waals surface area contributed by atoms with Crippen molar-refractivity contribution >= 4 is 21.4 Å². The minimum absolute atomic E-state index is 0.0355. The molecule has 0 aliphatic carbocycles. The van der Waals surface area contributed by atoms with Crippen molar-refractivity contribution in [3.05, 3.63) is 17.5 Å². The maximum Gasteiger partial charge on any atom is 0.252 e. The van der Waals surface area contributed by atoms with Crippen LogP contribution in [0.25, 0.3) is 0 Å². The lowest BCUT2D eigenvalue weighted by molar-refractivity contribution is 0.189. The topological polar surface area (TPSA) is 49.4 Å². The summed E-state index contributed by atoms with van der Waals surface area (Å²) in [7, 11) is -3.33. The van der Waals surface area contributed by atoms with Crippen molar-refractivity contribution in [2.45, 2.75) is 37.1 Å². The second-order valence-electron chi connectivity index (χ2n) is 5.13. The van der Waals surface area contributed by atoms with Gasteiger partial charge in [-0.25, -0.2) is 8.42 Å². The molecule has 1 saturated heterocycles. The van der Waals surface area contributed by atoms with Crippen molar-refractivity contribution in [2.75, 3.05) is 13.1 Å². The summed E-state index contributed by atoms with van der Waals surface area (Å²) in [5.41, 5.74) is 0. The zero-order valence-electron chi connectivity index (χ0n) is 11.0. The van der Waals surface area contributed by atoms with E-state index in [2.05, 4.69) is 19.2 Å². The van der Waals surface area contributed by atoms with Gasteiger partial charge < -0.3 is 5.32 Å². The van der Waals surface area contributed by atoms with Gasteiger partial charge in [0, 0.05) is 25.2 Å². The van der Waals surface area contributed by atoms with E-state index < -0.39 is 10.0 Å². The van der Waals surface area contributed by atoms with Crippen LogP contribution in [0.2, 0.25) is 0 Å². The molecule has 18 heavy (non-hydrogen) atoms. The van der Waals surface area contributed by atoms with E-state index in [0.717, 1.165) is 6.54 Å². The van der Waals surface area contributed by atoms with Gasteiger partial charge in [-0.15, -0.1) is 11.3 Å². The Labute approximate surface area is 113 Å². The van der Waals surface area contributed by atoms with Gasteiger partial charge in [-0.1, -0.05) is 19.9 Å². The highest BCUT2D eigenvalue weighted by Gasteiger charge is 2.37. The number of nitrogens with zero attached hydrogens (tertiary/aromatic N) is 1. The molecular formula is C12H20N2O2S2. The van der Waals surface area contributed by atoms with E-state index in [1.807, 2.05) is 12.3 Å². The summed E-state index contributed by atoms with van der Waals surface area (Å²) in [6, 6.07) is 3.71. The fourth-order valence-electron chi connectivity index (χ4n) is 2.26. The fourth-order valence-corrected chi connectivity index (χ4v) is 5.23. The van der Waals surface area contributed by atoms with Gasteiger partial charge in [0.25, 0.3) is 10.0 Å². The lowest BCUT2D eigenvalue weighted by Gasteiger charge is -2.40. The van der Waals surface area contributed by atoms with Crippen LogP contribution in [0.4, 0.5) is 0 Å². The minimum atomic E-state index is -3.33. The normalized spacial score (nSPS) is 26.7. The lowest BCUT2D eigenvalue weighted by Crippen LogP contribution is -2.58. The Morgan fingerprint density at radius 2 is 2.22 bits per heavy atom. The van der Waals surface area contributed by atoms with Gasteiger partial charge in [-0.2, -0.15) is 4.31 Å². The molecule has 0 radical (unpaired) electrons. The summed E-state index contributed by atoms with van der Waals surface area (Å²) in [5, 5.41) is 5.17. The van der Waals surface area contributed by atoms with Gasteiger partial charge in [-0.05, 0) is 24.3 Å². The van der Waals surface area contributed by atoms with Crippen LogP contribution < -0.4 is 5.32 Å². The maximum absolute atomic E-state index is 12.6. The van der Waals surface area contributed by atoms with Crippen LogP contribution in [-0.4, -0.2) is 37.9 Å². The zero-order chi connectivity index (χ0) is 13.3. The predicted octanol–water partition coefficient (Wildman–Crippen LogP) is 1.76. The summed E-state index contributed by atoms with van der Waals surface area (Å²) >= 11 is 1.29. The maximum atomic E-state index is 12.6. The molecule has 1 aromatic heterocycles. The highest BCUT2D eigenvalue weighted by molar-refractivity contribution is 7.91. The molecule has 2 unspecified atom stereocenters. The van der Waals surface area contributed by atoms with Crippen LogP contribution in [0.5, 0.6) is 0 Å². The van der Waals surface area contributed by atoms with Gasteiger partial charge in [0.15, 0.2) is 0 Å². The molecule has 2 rings (SSSR count). The molecule has 102 valence electrons. The molecule has 1 aliphatic heterocycles. The van der Waals surface area contributed by atoms with E-state index >= 15 is 0 Å². The third-order valence-electron chi connectivity index (χ3n) is 3.33. The van der Waals surface area contributed by atoms with Crippen molar-refractivity contribution in [1.82, 2.24) is 9.62 Å². The first kappa shape index (κ1) is 14.0. The number of piperazine rings is 1. The number of hydrogen-bond donors (Lipinski definition) is 1. The Morgan fingerprint density at radius 1 is 1.50 bits per heavy atom. The van der Waals surface area contributed by atoms with Crippen molar-refractivity contribution in [1.29, 1.82) is 0 Å². The standard InChI is InChI=1S/C12H20N2O2S2/c1-9(2)11-7-13-10(3)8-14(11)18(15,16)12-5-4-6-17-12/h4-6,9-11,13H,7-8H2,1-3H3. The van der Waals surface area contributed by atoms with Crippen LogP contribution in [0.15, 0.2) is 21.7 Å². The van der Waals surface area contributed by atoms with Crippen molar-refractivity contribution in [3.63, 3.8) is 0 Å². The van der Waals surface area contributed by atoms with E-state index in [-0.39, 0.29) is 12.1 Å². The van der Waals surface area contributed by atoms with E-state index in [1.165, 1.54) is 11.3 Å². The first-order valence-electron chi connectivity index (χ1n) is 6.21. The molecule has 1 aromatic rings. The number of nitrogens with one attached hydrogen (secondary N) is 1. The molecule has 0 amide bonds. The molecule has 1 fully saturated rings. The van der Waals surface area contributed by atoms with Gasteiger partial charge in [0.2, 0.25) is 0 Å². The largest absolute Gasteiger partial charge is 0.311 e. The van der Waals surface area contributed by atoms with Gasteiger partial charge in [-0.3, -0.25) is 0 Å². The van der Waals surface area contributed by atoms with Gasteiger partial charge >= 0.3 is 0 Å². The first-order valence-corrected chi connectivity index (χ1v) is 8.53. The fraction of sp³-hybridized carbons (Fsp3) is 0.667. The number of sulfonamides is 1. The zero-order valence-corrected chi connectivity index (χ0v) is 12.6. The van der Waals surface area contributed by atoms with Crippen LogP contribution >= 0.6 is 11.3 Å². The smallest absolute Gasteiger partial charge is 0.252 e. The Morgan fingerprint density at radius 3 is 2.78 bits per heavy atom. The van der Waals surface area contributed by atoms with Crippen LogP contribution in [0.3, 0.4) is 0 Å². The third-order valence-corrected chi connectivity index (χ3v) is 6.59. The molecule has 0 bridgehead atoms. The highest BCUT2D eigenvalue weighted by Crippen LogP contribution is 2.26. The van der Waals surface area contributed by atoms with Crippen LogP contribution in [0, 0.1) is 5.92 Å². The Hall–Kier alpha value is -0.430. The SMILES string of the molecule is CC1CN(S(=O)(=O)c2cccs2)C(C(C)C)CN1. The third kappa shape index (κ3) is 2.61. The van der Waals surface area contributed by atoms with E-state index in [4.69, 9.17) is 0 Å². The van der Waals surface area contributed by atoms with Crippen LogP contribution in [0.1, 0.15) is 20.8 Å². The van der Waals surface area contributed by atoms with E-state index in [0.29, 0.717) is 16.7 Å². The Balaban J connectivity index is 2.33. The highest BCUT2D eigenvalue weighted by atomic mass is 32.2. The van der Waals surface area contributed by atoms with Crippen LogP contribution in [-0.2, 0) is 10.0 Å². The van der Waals surface area contributed by atoms with Gasteiger partial charge in [0.1, 0.15) is 4.21 Å². The molecule has 6 heteroatoms. The molecule has 0 saturated carbocycles. The Kier molecular flexibility index (Phi) is 4.11. The summed E-state index contributed by atoms with van der Waals surface area (Å²) in [4.78, 5) is 0. The summed E-state index contributed by atoms with van der Waals surface area (Å²) < 4.78 is 27.4. The second kappa shape index (κ2) is 5.28.